The minimum atomic E-state index is -0.283. The number of ether oxygens (including phenoxy) is 1. The Morgan fingerprint density at radius 2 is 1.87 bits per heavy atom. The molecule has 0 aliphatic carbocycles. The molecule has 0 aliphatic heterocycles. The van der Waals surface area contributed by atoms with E-state index in [4.69, 9.17) is 9.72 Å². The minimum absolute atomic E-state index is 0.283. The molecule has 0 amide bonds. The van der Waals surface area contributed by atoms with Gasteiger partial charge in [0.1, 0.15) is 5.65 Å². The van der Waals surface area contributed by atoms with Crippen LogP contribution in [0.4, 0.5) is 0 Å². The van der Waals surface area contributed by atoms with E-state index in [9.17, 15) is 4.79 Å². The van der Waals surface area contributed by atoms with Crippen molar-refractivity contribution in [2.75, 3.05) is 6.61 Å². The third-order valence-electron chi connectivity index (χ3n) is 4.19. The molecular weight excluding hydrogens is 288 g/mol. The molecule has 0 saturated heterocycles. The maximum absolute atomic E-state index is 12.5. The zero-order valence-electron chi connectivity index (χ0n) is 13.0. The molecule has 4 aromatic rings. The number of nitrogens with zero attached hydrogens (tertiary/aromatic N) is 2. The standard InChI is InChI=1S/C19H16N2O2/c1-3-23-19(22)16-12(2)18-17(14-9-5-4-8-13(14)16)20-15-10-6-7-11-21(15)18/h4-11H,3H2,1-2H3. The van der Waals surface area contributed by atoms with Gasteiger partial charge in [0.15, 0.2) is 0 Å². The fourth-order valence-electron chi connectivity index (χ4n) is 3.24. The lowest BCUT2D eigenvalue weighted by atomic mass is 9.97. The summed E-state index contributed by atoms with van der Waals surface area (Å²) >= 11 is 0. The monoisotopic (exact) mass is 304 g/mol. The number of hydrogen-bond donors (Lipinski definition) is 0. The molecule has 0 aliphatic rings. The predicted octanol–water partition coefficient (Wildman–Crippen LogP) is 4.13. The molecule has 0 bridgehead atoms. The molecule has 0 spiro atoms. The fraction of sp³-hybridized carbons (Fsp3) is 0.158. The van der Waals surface area contributed by atoms with E-state index in [1.165, 1.54) is 0 Å². The third-order valence-corrected chi connectivity index (χ3v) is 4.19. The second-order valence-electron chi connectivity index (χ2n) is 5.50. The quantitative estimate of drug-likeness (QED) is 0.523. The topological polar surface area (TPSA) is 43.6 Å². The summed E-state index contributed by atoms with van der Waals surface area (Å²) in [5.74, 6) is -0.283. The van der Waals surface area contributed by atoms with Gasteiger partial charge in [-0.1, -0.05) is 30.3 Å². The first-order valence-corrected chi connectivity index (χ1v) is 7.67. The number of hydrogen-bond acceptors (Lipinski definition) is 3. The molecule has 0 atom stereocenters. The van der Waals surface area contributed by atoms with Crippen LogP contribution < -0.4 is 0 Å². The summed E-state index contributed by atoms with van der Waals surface area (Å²) < 4.78 is 7.31. The number of rotatable bonds is 2. The number of aromatic nitrogens is 2. The maximum atomic E-state index is 12.5. The van der Waals surface area contributed by atoms with Crippen LogP contribution in [0.3, 0.4) is 0 Å². The molecule has 0 N–H and O–H groups in total. The Labute approximate surface area is 133 Å². The molecule has 2 aromatic carbocycles. The Morgan fingerprint density at radius 1 is 1.13 bits per heavy atom. The van der Waals surface area contributed by atoms with Gasteiger partial charge in [-0.05, 0) is 36.9 Å². The van der Waals surface area contributed by atoms with Crippen molar-refractivity contribution in [3.05, 3.63) is 59.8 Å². The summed E-state index contributed by atoms with van der Waals surface area (Å²) in [6, 6.07) is 13.8. The van der Waals surface area contributed by atoms with Crippen LogP contribution >= 0.6 is 0 Å². The second-order valence-corrected chi connectivity index (χ2v) is 5.50. The van der Waals surface area contributed by atoms with Crippen LogP contribution in [0.1, 0.15) is 22.8 Å². The van der Waals surface area contributed by atoms with Gasteiger partial charge in [0.05, 0.1) is 23.2 Å². The van der Waals surface area contributed by atoms with E-state index >= 15 is 0 Å². The van der Waals surface area contributed by atoms with Crippen LogP contribution in [-0.2, 0) is 4.74 Å². The van der Waals surface area contributed by atoms with E-state index in [1.54, 1.807) is 0 Å². The average molecular weight is 304 g/mol. The molecule has 4 heteroatoms. The third kappa shape index (κ3) is 1.91. The fourth-order valence-corrected chi connectivity index (χ4v) is 3.24. The van der Waals surface area contributed by atoms with Gasteiger partial charge in [-0.3, -0.25) is 4.40 Å². The first-order chi connectivity index (χ1) is 11.2. The normalized spacial score (nSPS) is 11.4. The summed E-state index contributed by atoms with van der Waals surface area (Å²) in [5.41, 5.74) is 4.27. The smallest absolute Gasteiger partial charge is 0.339 e. The molecule has 23 heavy (non-hydrogen) atoms. The summed E-state index contributed by atoms with van der Waals surface area (Å²) in [4.78, 5) is 17.3. The van der Waals surface area contributed by atoms with Gasteiger partial charge in [0.2, 0.25) is 0 Å². The Kier molecular flexibility index (Phi) is 3.05. The van der Waals surface area contributed by atoms with Crippen LogP contribution in [0.25, 0.3) is 27.5 Å². The van der Waals surface area contributed by atoms with E-state index in [-0.39, 0.29) is 5.97 Å². The van der Waals surface area contributed by atoms with E-state index in [1.807, 2.05) is 66.9 Å². The number of esters is 1. The van der Waals surface area contributed by atoms with Gasteiger partial charge in [0, 0.05) is 11.6 Å². The molecule has 0 unspecified atom stereocenters. The van der Waals surface area contributed by atoms with Gasteiger partial charge in [-0.25, -0.2) is 9.78 Å². The van der Waals surface area contributed by atoms with Crippen LogP contribution in [0, 0.1) is 6.92 Å². The highest BCUT2D eigenvalue weighted by atomic mass is 16.5. The molecule has 4 rings (SSSR count). The van der Waals surface area contributed by atoms with Crippen molar-refractivity contribution in [2.45, 2.75) is 13.8 Å². The van der Waals surface area contributed by atoms with Crippen molar-refractivity contribution in [1.82, 2.24) is 9.38 Å². The Bertz CT molecular complexity index is 1060. The number of imidazole rings is 1. The van der Waals surface area contributed by atoms with E-state index in [0.717, 1.165) is 33.0 Å². The summed E-state index contributed by atoms with van der Waals surface area (Å²) in [7, 11) is 0. The Balaban J connectivity index is 2.25. The number of pyridine rings is 1. The molecule has 4 nitrogen and oxygen atoms in total. The van der Waals surface area contributed by atoms with Gasteiger partial charge < -0.3 is 4.74 Å². The van der Waals surface area contributed by atoms with Gasteiger partial charge in [-0.15, -0.1) is 0 Å². The zero-order valence-corrected chi connectivity index (χ0v) is 13.0. The van der Waals surface area contributed by atoms with Crippen molar-refractivity contribution < 1.29 is 9.53 Å². The van der Waals surface area contributed by atoms with Crippen LogP contribution in [0.15, 0.2) is 48.7 Å². The first-order valence-electron chi connectivity index (χ1n) is 7.67. The Hall–Kier alpha value is -2.88. The number of carbonyl (C=O) groups excluding carboxylic acids is 1. The number of benzene rings is 2. The van der Waals surface area contributed by atoms with E-state index in [0.29, 0.717) is 12.2 Å². The molecule has 0 radical (unpaired) electrons. The predicted molar refractivity (Wildman–Crippen MR) is 90.9 cm³/mol. The lowest BCUT2D eigenvalue weighted by Crippen LogP contribution is -2.08. The maximum Gasteiger partial charge on any atom is 0.339 e. The van der Waals surface area contributed by atoms with E-state index in [2.05, 4.69) is 0 Å². The second kappa shape index (κ2) is 5.09. The summed E-state index contributed by atoms with van der Waals surface area (Å²) in [6.45, 7) is 4.14. The largest absolute Gasteiger partial charge is 0.462 e. The molecule has 2 aromatic heterocycles. The van der Waals surface area contributed by atoms with Crippen molar-refractivity contribution in [1.29, 1.82) is 0 Å². The molecular formula is C19H16N2O2. The van der Waals surface area contributed by atoms with Gasteiger partial charge in [0.25, 0.3) is 0 Å². The first kappa shape index (κ1) is 13.8. The minimum Gasteiger partial charge on any atom is -0.462 e. The number of fused-ring (bicyclic) bond motifs is 5. The average Bonchev–Trinajstić information content (AvgIpc) is 2.95. The highest BCUT2D eigenvalue weighted by Gasteiger charge is 2.21. The van der Waals surface area contributed by atoms with Crippen molar-refractivity contribution in [3.63, 3.8) is 0 Å². The summed E-state index contributed by atoms with van der Waals surface area (Å²) in [6.07, 6.45) is 1.97. The SMILES string of the molecule is CCOC(=O)c1c(C)c2c(nc3ccccn32)c2ccccc12. The zero-order chi connectivity index (χ0) is 16.0. The molecule has 2 heterocycles. The van der Waals surface area contributed by atoms with Crippen molar-refractivity contribution in [2.24, 2.45) is 0 Å². The highest BCUT2D eigenvalue weighted by Crippen LogP contribution is 2.33. The molecule has 0 saturated carbocycles. The number of aryl methyl sites for hydroxylation is 1. The van der Waals surface area contributed by atoms with Crippen molar-refractivity contribution >= 4 is 33.4 Å². The highest BCUT2D eigenvalue weighted by molar-refractivity contribution is 6.16. The van der Waals surface area contributed by atoms with Crippen molar-refractivity contribution in [3.8, 4) is 0 Å². The van der Waals surface area contributed by atoms with E-state index < -0.39 is 0 Å². The van der Waals surface area contributed by atoms with Gasteiger partial charge in [-0.2, -0.15) is 0 Å². The molecule has 114 valence electrons. The molecule has 0 fully saturated rings. The lowest BCUT2D eigenvalue weighted by molar-refractivity contribution is 0.0528. The van der Waals surface area contributed by atoms with Crippen LogP contribution in [0.2, 0.25) is 0 Å². The lowest BCUT2D eigenvalue weighted by Gasteiger charge is -2.11. The summed E-state index contributed by atoms with van der Waals surface area (Å²) in [5, 5.41) is 1.86. The van der Waals surface area contributed by atoms with Gasteiger partial charge >= 0.3 is 5.97 Å². The number of carbonyl (C=O) groups is 1. The van der Waals surface area contributed by atoms with Crippen LogP contribution in [0.5, 0.6) is 0 Å². The Morgan fingerprint density at radius 3 is 2.65 bits per heavy atom. The van der Waals surface area contributed by atoms with Crippen LogP contribution in [-0.4, -0.2) is 22.0 Å².